The highest BCUT2D eigenvalue weighted by Crippen LogP contribution is 1.62. The summed E-state index contributed by atoms with van der Waals surface area (Å²) in [6.45, 7) is 0.944. The Balaban J connectivity index is 0. The number of aromatic amines is 1. The van der Waals surface area contributed by atoms with Crippen LogP contribution >= 0.6 is 0 Å². The van der Waals surface area contributed by atoms with E-state index < -0.39 is 0 Å². The number of aliphatic hydroxyl groups excluding tert-OH is 2. The summed E-state index contributed by atoms with van der Waals surface area (Å²) in [4.78, 5) is 6.42. The average Bonchev–Trinajstić information content (AvgIpc) is 2.76. The predicted molar refractivity (Wildman–Crippen MR) is 50.9 cm³/mol. The van der Waals surface area contributed by atoms with Gasteiger partial charge in [0.2, 0.25) is 0 Å². The first-order valence-corrected chi connectivity index (χ1v) is 3.88. The lowest BCUT2D eigenvalue weighted by Crippen LogP contribution is -2.02. The first-order valence-electron chi connectivity index (χ1n) is 3.88. The number of nitrogens with one attached hydrogen (secondary N) is 1. The van der Waals surface area contributed by atoms with Crippen LogP contribution in [0.15, 0.2) is 18.7 Å². The number of hydrogen-bond donors (Lipinski definition) is 5. The molecule has 0 aliphatic carbocycles. The highest BCUT2D eigenvalue weighted by molar-refractivity contribution is 4.64. The van der Waals surface area contributed by atoms with Crippen LogP contribution in [0.1, 0.15) is 0 Å². The molecule has 78 valence electrons. The zero-order chi connectivity index (χ0) is 10.4. The van der Waals surface area contributed by atoms with E-state index >= 15 is 0 Å². The number of nitrogens with two attached hydrogens (primary N) is 2. The van der Waals surface area contributed by atoms with E-state index in [1.54, 1.807) is 18.7 Å². The first-order chi connectivity index (χ1) is 6.33. The number of H-pyrrole nitrogens is 1. The molecule has 0 amide bonds. The number of aliphatic hydroxyl groups is 2. The number of rotatable bonds is 2. The predicted octanol–water partition coefficient (Wildman–Crippen LogP) is -1.72. The molecule has 0 aromatic carbocycles. The molecule has 0 spiro atoms. The molecule has 0 unspecified atom stereocenters. The van der Waals surface area contributed by atoms with Gasteiger partial charge in [0.1, 0.15) is 0 Å². The van der Waals surface area contributed by atoms with E-state index in [4.69, 9.17) is 21.7 Å². The lowest BCUT2D eigenvalue weighted by Gasteiger charge is -1.71. The van der Waals surface area contributed by atoms with Crippen molar-refractivity contribution in [3.05, 3.63) is 18.7 Å². The molecular weight excluding hydrogens is 172 g/mol. The molecule has 1 aromatic heterocycles. The van der Waals surface area contributed by atoms with E-state index in [0.717, 1.165) is 0 Å². The Morgan fingerprint density at radius 1 is 1.15 bits per heavy atom. The van der Waals surface area contributed by atoms with E-state index in [0.29, 0.717) is 13.1 Å². The lowest BCUT2D eigenvalue weighted by atomic mass is 10.8. The minimum absolute atomic E-state index is 0.0972. The third kappa shape index (κ3) is 24.7. The Labute approximate surface area is 77.6 Å². The van der Waals surface area contributed by atoms with E-state index in [2.05, 4.69) is 9.97 Å². The summed E-state index contributed by atoms with van der Waals surface area (Å²) in [5.74, 6) is 0. The van der Waals surface area contributed by atoms with E-state index in [1.165, 1.54) is 0 Å². The van der Waals surface area contributed by atoms with Crippen molar-refractivity contribution in [2.45, 2.75) is 0 Å². The van der Waals surface area contributed by atoms with Crippen molar-refractivity contribution in [3.8, 4) is 0 Å². The van der Waals surface area contributed by atoms with Crippen LogP contribution < -0.4 is 11.5 Å². The summed E-state index contributed by atoms with van der Waals surface area (Å²) >= 11 is 0. The molecule has 0 bridgehead atoms. The van der Waals surface area contributed by atoms with Crippen molar-refractivity contribution in [2.75, 3.05) is 26.3 Å². The van der Waals surface area contributed by atoms with Gasteiger partial charge in [-0.1, -0.05) is 0 Å². The van der Waals surface area contributed by atoms with Crippen molar-refractivity contribution in [2.24, 2.45) is 11.5 Å². The minimum Gasteiger partial charge on any atom is -0.395 e. The van der Waals surface area contributed by atoms with E-state index in [1.807, 2.05) is 0 Å². The Bertz CT molecular complexity index is 110. The molecular formula is C7H18N4O2. The monoisotopic (exact) mass is 190 g/mol. The molecule has 0 saturated heterocycles. The Kier molecular flexibility index (Phi) is 19.3. The maximum atomic E-state index is 7.75. The summed E-state index contributed by atoms with van der Waals surface area (Å²) in [5.41, 5.74) is 9.56. The van der Waals surface area contributed by atoms with Gasteiger partial charge >= 0.3 is 0 Å². The lowest BCUT2D eigenvalue weighted by molar-refractivity contribution is 0.306. The largest absolute Gasteiger partial charge is 0.395 e. The Morgan fingerprint density at radius 3 is 1.69 bits per heavy atom. The zero-order valence-electron chi connectivity index (χ0n) is 7.56. The fourth-order valence-corrected chi connectivity index (χ4v) is 0.215. The van der Waals surface area contributed by atoms with Crippen LogP contribution in [-0.4, -0.2) is 46.5 Å². The normalized spacial score (nSPS) is 7.69. The molecule has 0 saturated carbocycles. The van der Waals surface area contributed by atoms with Gasteiger partial charge in [-0.05, 0) is 0 Å². The number of aromatic nitrogens is 2. The van der Waals surface area contributed by atoms with E-state index in [-0.39, 0.29) is 13.2 Å². The topological polar surface area (TPSA) is 121 Å². The van der Waals surface area contributed by atoms with Gasteiger partial charge in [-0.25, -0.2) is 4.98 Å². The maximum Gasteiger partial charge on any atom is 0.0919 e. The van der Waals surface area contributed by atoms with Gasteiger partial charge in [0.25, 0.3) is 0 Å². The molecule has 0 aliphatic heterocycles. The number of nitrogens with zero attached hydrogens (tertiary/aromatic N) is 1. The van der Waals surface area contributed by atoms with Crippen LogP contribution in [0.5, 0.6) is 0 Å². The summed E-state index contributed by atoms with van der Waals surface area (Å²) < 4.78 is 0. The van der Waals surface area contributed by atoms with Crippen molar-refractivity contribution in [1.82, 2.24) is 9.97 Å². The quantitative estimate of drug-likeness (QED) is 0.380. The Hall–Kier alpha value is -0.950. The average molecular weight is 190 g/mol. The van der Waals surface area contributed by atoms with Crippen LogP contribution in [0.2, 0.25) is 0 Å². The van der Waals surface area contributed by atoms with Crippen molar-refractivity contribution in [3.63, 3.8) is 0 Å². The maximum absolute atomic E-state index is 7.75. The van der Waals surface area contributed by atoms with Crippen LogP contribution in [0.4, 0.5) is 0 Å². The molecule has 6 heteroatoms. The molecule has 0 fully saturated rings. The molecule has 0 aliphatic rings. The van der Waals surface area contributed by atoms with Crippen LogP contribution in [0, 0.1) is 0 Å². The van der Waals surface area contributed by atoms with Gasteiger partial charge in [-0.15, -0.1) is 0 Å². The SMILES string of the molecule is NCCO.NCCO.c1c[nH]cn1. The molecule has 1 heterocycles. The van der Waals surface area contributed by atoms with Crippen molar-refractivity contribution >= 4 is 0 Å². The standard InChI is InChI=1S/C3H4N2.2C2H7NO/c1-2-5-3-4-1;2*3-1-2-4/h1-3H,(H,4,5);2*4H,1-3H2. The third-order valence-electron chi connectivity index (χ3n) is 0.664. The highest BCUT2D eigenvalue weighted by Gasteiger charge is 1.57. The molecule has 13 heavy (non-hydrogen) atoms. The van der Waals surface area contributed by atoms with Gasteiger partial charge in [-0.2, -0.15) is 0 Å². The third-order valence-corrected chi connectivity index (χ3v) is 0.664. The van der Waals surface area contributed by atoms with Crippen molar-refractivity contribution in [1.29, 1.82) is 0 Å². The first kappa shape index (κ1) is 14.6. The molecule has 1 aromatic rings. The fourth-order valence-electron chi connectivity index (χ4n) is 0.215. The minimum atomic E-state index is 0.0972. The van der Waals surface area contributed by atoms with Crippen LogP contribution in [-0.2, 0) is 0 Å². The second kappa shape index (κ2) is 17.2. The van der Waals surface area contributed by atoms with Gasteiger partial charge < -0.3 is 26.7 Å². The fraction of sp³-hybridized carbons (Fsp3) is 0.571. The van der Waals surface area contributed by atoms with Gasteiger partial charge in [0.05, 0.1) is 19.5 Å². The molecule has 7 N–H and O–H groups in total. The molecule has 0 atom stereocenters. The van der Waals surface area contributed by atoms with E-state index in [9.17, 15) is 0 Å². The smallest absolute Gasteiger partial charge is 0.0919 e. The Morgan fingerprint density at radius 2 is 1.62 bits per heavy atom. The second-order valence-electron chi connectivity index (χ2n) is 1.79. The van der Waals surface area contributed by atoms with Crippen LogP contribution in [0.3, 0.4) is 0 Å². The number of hydrogen-bond acceptors (Lipinski definition) is 5. The summed E-state index contributed by atoms with van der Waals surface area (Å²) in [6.07, 6.45) is 5.08. The summed E-state index contributed by atoms with van der Waals surface area (Å²) in [7, 11) is 0. The highest BCUT2D eigenvalue weighted by atomic mass is 16.3. The molecule has 0 radical (unpaired) electrons. The van der Waals surface area contributed by atoms with Crippen molar-refractivity contribution < 1.29 is 10.2 Å². The second-order valence-corrected chi connectivity index (χ2v) is 1.79. The summed E-state index contributed by atoms with van der Waals surface area (Å²) in [6, 6.07) is 0. The van der Waals surface area contributed by atoms with Crippen LogP contribution in [0.25, 0.3) is 0 Å². The molecule has 1 rings (SSSR count). The molecule has 6 nitrogen and oxygen atoms in total. The number of imidazole rings is 1. The van der Waals surface area contributed by atoms with Gasteiger partial charge in [0.15, 0.2) is 0 Å². The summed E-state index contributed by atoms with van der Waals surface area (Å²) in [5, 5.41) is 15.5. The van der Waals surface area contributed by atoms with Gasteiger partial charge in [-0.3, -0.25) is 0 Å². The van der Waals surface area contributed by atoms with Gasteiger partial charge in [0, 0.05) is 25.5 Å². The zero-order valence-corrected chi connectivity index (χ0v) is 7.56.